The van der Waals surface area contributed by atoms with Crippen LogP contribution in [-0.4, -0.2) is 55.0 Å². The van der Waals surface area contributed by atoms with Gasteiger partial charge in [0.15, 0.2) is 0 Å². The predicted molar refractivity (Wildman–Crippen MR) is 103 cm³/mol. The van der Waals surface area contributed by atoms with Gasteiger partial charge in [0.1, 0.15) is 5.75 Å². The SMILES string of the molecule is CC(=O)Oc1cccc(C(=O)N2CCC(NC(=O)CC3CCOCC3)CC2)c1. The maximum Gasteiger partial charge on any atom is 0.308 e. The van der Waals surface area contributed by atoms with E-state index < -0.39 is 5.97 Å². The highest BCUT2D eigenvalue weighted by molar-refractivity contribution is 5.94. The fourth-order valence-electron chi connectivity index (χ4n) is 3.77. The van der Waals surface area contributed by atoms with Gasteiger partial charge in [0, 0.05) is 51.3 Å². The molecule has 2 aliphatic heterocycles. The molecule has 0 saturated carbocycles. The molecule has 3 rings (SSSR count). The standard InChI is InChI=1S/C21H28N2O5/c1-15(24)28-19-4-2-3-17(14-19)21(26)23-9-5-18(6-10-23)22-20(25)13-16-7-11-27-12-8-16/h2-4,14,16,18H,5-13H2,1H3,(H,22,25). The number of rotatable bonds is 5. The van der Waals surface area contributed by atoms with Crippen molar-refractivity contribution in [3.8, 4) is 5.75 Å². The lowest BCUT2D eigenvalue weighted by Crippen LogP contribution is -2.46. The Morgan fingerprint density at radius 2 is 1.86 bits per heavy atom. The number of amides is 2. The Kier molecular flexibility index (Phi) is 7.03. The van der Waals surface area contributed by atoms with Gasteiger partial charge in [-0.05, 0) is 49.8 Å². The molecular weight excluding hydrogens is 360 g/mol. The Bertz CT molecular complexity index is 707. The van der Waals surface area contributed by atoms with Crippen LogP contribution in [0.4, 0.5) is 0 Å². The van der Waals surface area contributed by atoms with Crippen molar-refractivity contribution in [3.05, 3.63) is 29.8 Å². The lowest BCUT2D eigenvalue weighted by atomic mass is 9.95. The van der Waals surface area contributed by atoms with Gasteiger partial charge in [0.05, 0.1) is 0 Å². The lowest BCUT2D eigenvalue weighted by Gasteiger charge is -2.33. The number of benzene rings is 1. The number of nitrogens with zero attached hydrogens (tertiary/aromatic N) is 1. The van der Waals surface area contributed by atoms with Crippen molar-refractivity contribution in [2.75, 3.05) is 26.3 Å². The molecule has 0 aromatic heterocycles. The van der Waals surface area contributed by atoms with Gasteiger partial charge >= 0.3 is 5.97 Å². The molecular formula is C21H28N2O5. The van der Waals surface area contributed by atoms with Crippen molar-refractivity contribution in [3.63, 3.8) is 0 Å². The first kappa shape index (κ1) is 20.3. The summed E-state index contributed by atoms with van der Waals surface area (Å²) in [5.41, 5.74) is 0.501. The molecule has 2 saturated heterocycles. The normalized spacial score (nSPS) is 18.5. The Labute approximate surface area is 165 Å². The van der Waals surface area contributed by atoms with E-state index in [-0.39, 0.29) is 17.9 Å². The molecule has 1 aromatic carbocycles. The van der Waals surface area contributed by atoms with Gasteiger partial charge in [-0.1, -0.05) is 6.07 Å². The highest BCUT2D eigenvalue weighted by Crippen LogP contribution is 2.20. The summed E-state index contributed by atoms with van der Waals surface area (Å²) in [5, 5.41) is 3.12. The van der Waals surface area contributed by atoms with Crippen LogP contribution < -0.4 is 10.1 Å². The molecule has 0 spiro atoms. The average molecular weight is 388 g/mol. The fourth-order valence-corrected chi connectivity index (χ4v) is 3.77. The Morgan fingerprint density at radius 3 is 2.54 bits per heavy atom. The average Bonchev–Trinajstić information content (AvgIpc) is 2.68. The van der Waals surface area contributed by atoms with Gasteiger partial charge in [-0.15, -0.1) is 0 Å². The number of nitrogens with one attached hydrogen (secondary N) is 1. The highest BCUT2D eigenvalue weighted by Gasteiger charge is 2.26. The molecule has 0 radical (unpaired) electrons. The van der Waals surface area contributed by atoms with E-state index in [0.717, 1.165) is 38.9 Å². The van der Waals surface area contributed by atoms with Gasteiger partial charge in [0.25, 0.3) is 5.91 Å². The third-order valence-electron chi connectivity index (χ3n) is 5.30. The van der Waals surface area contributed by atoms with Gasteiger partial charge in [-0.3, -0.25) is 14.4 Å². The van der Waals surface area contributed by atoms with Gasteiger partial charge in [0.2, 0.25) is 5.91 Å². The Balaban J connectivity index is 1.46. The monoisotopic (exact) mass is 388 g/mol. The first-order chi connectivity index (χ1) is 13.5. The van der Waals surface area contributed by atoms with E-state index >= 15 is 0 Å². The molecule has 7 heteroatoms. The van der Waals surface area contributed by atoms with E-state index in [1.807, 2.05) is 0 Å². The summed E-state index contributed by atoms with van der Waals surface area (Å²) in [6.07, 6.45) is 3.95. The minimum Gasteiger partial charge on any atom is -0.427 e. The molecule has 0 unspecified atom stereocenters. The molecule has 1 aromatic rings. The number of likely N-dealkylation sites (tertiary alicyclic amines) is 1. The summed E-state index contributed by atoms with van der Waals surface area (Å²) >= 11 is 0. The molecule has 0 aliphatic carbocycles. The number of hydrogen-bond donors (Lipinski definition) is 1. The van der Waals surface area contributed by atoms with Crippen LogP contribution in [0.2, 0.25) is 0 Å². The molecule has 1 N–H and O–H groups in total. The van der Waals surface area contributed by atoms with E-state index in [4.69, 9.17) is 9.47 Å². The second-order valence-electron chi connectivity index (χ2n) is 7.52. The summed E-state index contributed by atoms with van der Waals surface area (Å²) < 4.78 is 10.4. The largest absolute Gasteiger partial charge is 0.427 e. The molecule has 7 nitrogen and oxygen atoms in total. The zero-order valence-corrected chi connectivity index (χ0v) is 16.3. The van der Waals surface area contributed by atoms with Crippen LogP contribution in [0.15, 0.2) is 24.3 Å². The van der Waals surface area contributed by atoms with Crippen LogP contribution in [0.25, 0.3) is 0 Å². The molecule has 152 valence electrons. The summed E-state index contributed by atoms with van der Waals surface area (Å²) in [7, 11) is 0. The van der Waals surface area contributed by atoms with Crippen molar-refractivity contribution in [2.24, 2.45) is 5.92 Å². The zero-order valence-electron chi connectivity index (χ0n) is 16.3. The number of carbonyl (C=O) groups is 3. The third-order valence-corrected chi connectivity index (χ3v) is 5.30. The minimum atomic E-state index is -0.415. The first-order valence-corrected chi connectivity index (χ1v) is 9.96. The topological polar surface area (TPSA) is 84.9 Å². The summed E-state index contributed by atoms with van der Waals surface area (Å²) in [6.45, 7) is 4.02. The van der Waals surface area contributed by atoms with Crippen LogP contribution in [0.5, 0.6) is 5.75 Å². The second-order valence-corrected chi connectivity index (χ2v) is 7.52. The number of carbonyl (C=O) groups excluding carboxylic acids is 3. The summed E-state index contributed by atoms with van der Waals surface area (Å²) in [5.74, 6) is 0.391. The van der Waals surface area contributed by atoms with E-state index in [9.17, 15) is 14.4 Å². The summed E-state index contributed by atoms with van der Waals surface area (Å²) in [4.78, 5) is 37.9. The van der Waals surface area contributed by atoms with E-state index in [1.54, 1.807) is 29.2 Å². The second kappa shape index (κ2) is 9.68. The van der Waals surface area contributed by atoms with Crippen LogP contribution in [0.3, 0.4) is 0 Å². The van der Waals surface area contributed by atoms with E-state index in [1.165, 1.54) is 6.92 Å². The molecule has 0 bridgehead atoms. The molecule has 2 fully saturated rings. The van der Waals surface area contributed by atoms with Crippen LogP contribution in [0, 0.1) is 5.92 Å². The van der Waals surface area contributed by atoms with E-state index in [2.05, 4.69) is 5.32 Å². The molecule has 2 amide bonds. The molecule has 2 heterocycles. The van der Waals surface area contributed by atoms with Gasteiger partial charge in [-0.2, -0.15) is 0 Å². The summed E-state index contributed by atoms with van der Waals surface area (Å²) in [6, 6.07) is 6.78. The lowest BCUT2D eigenvalue weighted by molar-refractivity contribution is -0.132. The Morgan fingerprint density at radius 1 is 1.14 bits per heavy atom. The van der Waals surface area contributed by atoms with Crippen LogP contribution in [-0.2, 0) is 14.3 Å². The quantitative estimate of drug-likeness (QED) is 0.617. The van der Waals surface area contributed by atoms with Crippen LogP contribution >= 0.6 is 0 Å². The van der Waals surface area contributed by atoms with E-state index in [0.29, 0.717) is 36.7 Å². The third kappa shape index (κ3) is 5.79. The maximum absolute atomic E-state index is 12.7. The molecule has 2 aliphatic rings. The number of hydrogen-bond acceptors (Lipinski definition) is 5. The smallest absolute Gasteiger partial charge is 0.308 e. The number of esters is 1. The fraction of sp³-hybridized carbons (Fsp3) is 0.571. The molecule has 0 atom stereocenters. The maximum atomic E-state index is 12.7. The van der Waals surface area contributed by atoms with Gasteiger partial charge < -0.3 is 19.7 Å². The minimum absolute atomic E-state index is 0.0824. The predicted octanol–water partition coefficient (Wildman–Crippen LogP) is 2.15. The van der Waals surface area contributed by atoms with Crippen molar-refractivity contribution in [1.82, 2.24) is 10.2 Å². The number of ether oxygens (including phenoxy) is 2. The van der Waals surface area contributed by atoms with Crippen molar-refractivity contribution in [2.45, 2.75) is 45.1 Å². The van der Waals surface area contributed by atoms with Crippen LogP contribution in [0.1, 0.15) is 49.4 Å². The zero-order chi connectivity index (χ0) is 19.9. The Hall–Kier alpha value is -2.41. The molecule has 28 heavy (non-hydrogen) atoms. The number of piperidine rings is 1. The van der Waals surface area contributed by atoms with Crippen molar-refractivity contribution >= 4 is 17.8 Å². The van der Waals surface area contributed by atoms with Crippen molar-refractivity contribution in [1.29, 1.82) is 0 Å². The van der Waals surface area contributed by atoms with Crippen molar-refractivity contribution < 1.29 is 23.9 Å². The first-order valence-electron chi connectivity index (χ1n) is 9.96. The highest BCUT2D eigenvalue weighted by atomic mass is 16.5. The van der Waals surface area contributed by atoms with Gasteiger partial charge in [-0.25, -0.2) is 0 Å².